The Morgan fingerprint density at radius 2 is 1.90 bits per heavy atom. The van der Waals surface area contributed by atoms with Gasteiger partial charge in [0, 0.05) is 27.3 Å². The molecule has 2 bridgehead atoms. The molecule has 7 atom stereocenters. The molecule has 3 fully saturated rings. The van der Waals surface area contributed by atoms with Crippen LogP contribution in [-0.2, 0) is 25.5 Å². The normalized spacial score (nSPS) is 28.7. The van der Waals surface area contributed by atoms with Gasteiger partial charge in [-0.1, -0.05) is 76.6 Å². The van der Waals surface area contributed by atoms with Gasteiger partial charge in [0.05, 0.1) is 29.2 Å². The number of halogens is 2. The highest BCUT2D eigenvalue weighted by atomic mass is 79.9. The molecule has 3 heterocycles. The van der Waals surface area contributed by atoms with Gasteiger partial charge in [0.1, 0.15) is 12.6 Å². The summed E-state index contributed by atoms with van der Waals surface area (Å²) in [4.78, 5) is 45.7. The Labute approximate surface area is 257 Å². The number of thioether (sulfide) groups is 1. The predicted octanol–water partition coefficient (Wildman–Crippen LogP) is 4.66. The first kappa shape index (κ1) is 29.9. The fraction of sp³-hybridized carbons (Fsp3) is 0.387. The van der Waals surface area contributed by atoms with Crippen LogP contribution in [0, 0.1) is 11.8 Å². The van der Waals surface area contributed by atoms with Gasteiger partial charge in [0.2, 0.25) is 5.91 Å². The molecule has 41 heavy (non-hydrogen) atoms. The number of rotatable bonds is 11. The lowest BCUT2D eigenvalue weighted by Crippen LogP contribution is -2.58. The van der Waals surface area contributed by atoms with Crippen molar-refractivity contribution in [2.24, 2.45) is 11.8 Å². The molecule has 216 valence electrons. The quantitative estimate of drug-likeness (QED) is 0.215. The van der Waals surface area contributed by atoms with Crippen molar-refractivity contribution < 1.29 is 24.2 Å². The second-order valence-electron chi connectivity index (χ2n) is 10.6. The highest BCUT2D eigenvalue weighted by molar-refractivity contribution is 9.09. The van der Waals surface area contributed by atoms with Crippen LogP contribution in [0.15, 0.2) is 79.9 Å². The average molecular weight is 660 g/mol. The van der Waals surface area contributed by atoms with E-state index in [0.29, 0.717) is 23.6 Å². The van der Waals surface area contributed by atoms with Crippen molar-refractivity contribution in [3.8, 4) is 0 Å². The summed E-state index contributed by atoms with van der Waals surface area (Å²) in [5.74, 6) is -2.56. The predicted molar refractivity (Wildman–Crippen MR) is 165 cm³/mol. The number of carbonyl (C=O) groups is 3. The number of aliphatic hydroxyl groups is 1. The zero-order chi connectivity index (χ0) is 29.3. The highest BCUT2D eigenvalue weighted by Gasteiger charge is 2.76. The van der Waals surface area contributed by atoms with Gasteiger partial charge in [-0.25, -0.2) is 0 Å². The second-order valence-corrected chi connectivity index (χ2v) is 13.7. The average Bonchev–Trinajstić information content (AvgIpc) is 3.57. The number of carbonyl (C=O) groups excluding carboxylic acids is 3. The summed E-state index contributed by atoms with van der Waals surface area (Å²) < 4.78 is 4.59. The summed E-state index contributed by atoms with van der Waals surface area (Å²) in [5, 5.41) is 11.0. The fourth-order valence-corrected chi connectivity index (χ4v) is 10.3. The third kappa shape index (κ3) is 5.26. The molecule has 5 rings (SSSR count). The summed E-state index contributed by atoms with van der Waals surface area (Å²) in [6.45, 7) is 7.40. The molecule has 3 unspecified atom stereocenters. The summed E-state index contributed by atoms with van der Waals surface area (Å²) in [6.07, 6.45) is 4.01. The number of ether oxygens (including phenoxy) is 1. The molecule has 0 radical (unpaired) electrons. The van der Waals surface area contributed by atoms with Gasteiger partial charge in [-0.2, -0.15) is 0 Å². The van der Waals surface area contributed by atoms with Crippen LogP contribution < -0.4 is 4.90 Å². The summed E-state index contributed by atoms with van der Waals surface area (Å²) in [7, 11) is 0. The van der Waals surface area contributed by atoms with Crippen LogP contribution >= 0.6 is 39.3 Å². The maximum atomic E-state index is 14.7. The van der Waals surface area contributed by atoms with E-state index in [1.165, 1.54) is 17.8 Å². The molecule has 2 aromatic carbocycles. The molecule has 7 nitrogen and oxygen atoms in total. The van der Waals surface area contributed by atoms with Crippen LogP contribution in [0.4, 0.5) is 5.69 Å². The third-order valence-electron chi connectivity index (χ3n) is 8.21. The van der Waals surface area contributed by atoms with Crippen molar-refractivity contribution in [1.29, 1.82) is 0 Å². The van der Waals surface area contributed by atoms with Crippen LogP contribution in [0.3, 0.4) is 0 Å². The van der Waals surface area contributed by atoms with Gasteiger partial charge >= 0.3 is 5.97 Å². The Hall–Kier alpha value is -2.59. The summed E-state index contributed by atoms with van der Waals surface area (Å²) in [5.41, 5.74) is 1.54. The Morgan fingerprint density at radius 1 is 1.20 bits per heavy atom. The molecule has 0 aromatic heterocycles. The number of hydrogen-bond donors (Lipinski definition) is 1. The molecule has 10 heteroatoms. The molecular weight excluding hydrogens is 628 g/mol. The van der Waals surface area contributed by atoms with E-state index in [4.69, 9.17) is 16.3 Å². The smallest absolute Gasteiger partial charge is 0.311 e. The summed E-state index contributed by atoms with van der Waals surface area (Å²) in [6, 6.07) is 14.9. The van der Waals surface area contributed by atoms with Crippen molar-refractivity contribution in [2.45, 2.75) is 39.7 Å². The van der Waals surface area contributed by atoms with E-state index in [9.17, 15) is 19.5 Å². The van der Waals surface area contributed by atoms with Gasteiger partial charge in [0.25, 0.3) is 5.91 Å². The SMILES string of the molecule is C=CCOC(=O)[C@H]1[C@H]2C(=O)N([C@@H](CO)Cc3ccccc3)C(C(=O)N(CC=C)c3ccc(Cl)cc3)C23CC(Br)[C@@H]1S3. The number of benzene rings is 2. The van der Waals surface area contributed by atoms with Gasteiger partial charge in [-0.3, -0.25) is 14.4 Å². The molecular formula is C31H32BrClN2O5S. The van der Waals surface area contributed by atoms with Crippen molar-refractivity contribution in [1.82, 2.24) is 4.90 Å². The molecule has 2 amide bonds. The Morgan fingerprint density at radius 3 is 2.54 bits per heavy atom. The first-order valence-electron chi connectivity index (χ1n) is 13.5. The van der Waals surface area contributed by atoms with E-state index < -0.39 is 34.6 Å². The van der Waals surface area contributed by atoms with Gasteiger partial charge in [-0.05, 0) is 42.7 Å². The third-order valence-corrected chi connectivity index (χ3v) is 11.7. The minimum atomic E-state index is -0.927. The molecule has 3 aliphatic heterocycles. The topological polar surface area (TPSA) is 87.1 Å². The largest absolute Gasteiger partial charge is 0.461 e. The molecule has 0 saturated carbocycles. The number of amides is 2. The van der Waals surface area contributed by atoms with Gasteiger partial charge in [0.15, 0.2) is 0 Å². The van der Waals surface area contributed by atoms with E-state index in [0.717, 1.165) is 5.56 Å². The maximum absolute atomic E-state index is 14.7. The van der Waals surface area contributed by atoms with Crippen molar-refractivity contribution in [2.75, 3.05) is 24.7 Å². The van der Waals surface area contributed by atoms with Crippen LogP contribution in [0.1, 0.15) is 12.0 Å². The Balaban J connectivity index is 1.61. The zero-order valence-corrected chi connectivity index (χ0v) is 25.6. The van der Waals surface area contributed by atoms with E-state index in [1.807, 2.05) is 30.3 Å². The number of esters is 1. The number of hydrogen-bond acceptors (Lipinski definition) is 6. The van der Waals surface area contributed by atoms with Gasteiger partial charge in [-0.15, -0.1) is 18.3 Å². The lowest BCUT2D eigenvalue weighted by Gasteiger charge is -2.40. The standard InChI is InChI=1S/C31H32BrClN2O5S/c1-3-14-34(21-12-10-20(33)11-13-21)29(38)27-31-17-23(32)26(41-31)24(30(39)40-15-4-2)25(31)28(37)35(27)22(18-36)16-19-8-6-5-7-9-19/h3-13,22-27,36H,1-2,14-18H2/t22-,23?,24+,25+,26+,27?,31?/m1/s1. The van der Waals surface area contributed by atoms with E-state index >= 15 is 0 Å². The van der Waals surface area contributed by atoms with E-state index in [1.54, 1.807) is 40.1 Å². The zero-order valence-electron chi connectivity index (χ0n) is 22.4. The molecule has 0 aliphatic carbocycles. The second kappa shape index (κ2) is 12.3. The lowest BCUT2D eigenvalue weighted by atomic mass is 9.71. The molecule has 2 aromatic rings. The number of aliphatic hydroxyl groups excluding tert-OH is 1. The fourth-order valence-electron chi connectivity index (χ4n) is 6.60. The molecule has 1 spiro atoms. The van der Waals surface area contributed by atoms with Crippen molar-refractivity contribution >= 4 is 62.8 Å². The molecule has 3 saturated heterocycles. The number of likely N-dealkylation sites (tertiary alicyclic amines) is 1. The van der Waals surface area contributed by atoms with E-state index in [-0.39, 0.29) is 41.6 Å². The van der Waals surface area contributed by atoms with Crippen molar-refractivity contribution in [3.05, 3.63) is 90.5 Å². The first-order valence-corrected chi connectivity index (χ1v) is 15.7. The van der Waals surface area contributed by atoms with Crippen LogP contribution in [0.2, 0.25) is 5.02 Å². The van der Waals surface area contributed by atoms with Crippen LogP contribution in [0.25, 0.3) is 0 Å². The molecule has 1 N–H and O–H groups in total. The highest BCUT2D eigenvalue weighted by Crippen LogP contribution is 2.68. The van der Waals surface area contributed by atoms with Crippen LogP contribution in [-0.4, -0.2) is 74.5 Å². The number of alkyl halides is 1. The lowest BCUT2D eigenvalue weighted by molar-refractivity contribution is -0.153. The number of anilines is 1. The Kier molecular flexibility index (Phi) is 8.99. The number of nitrogens with zero attached hydrogens (tertiary/aromatic N) is 2. The maximum Gasteiger partial charge on any atom is 0.311 e. The monoisotopic (exact) mass is 658 g/mol. The minimum Gasteiger partial charge on any atom is -0.461 e. The minimum absolute atomic E-state index is 0.0383. The first-order chi connectivity index (χ1) is 19.8. The number of fused-ring (bicyclic) bond motifs is 1. The molecule has 3 aliphatic rings. The van der Waals surface area contributed by atoms with Gasteiger partial charge < -0.3 is 19.6 Å². The summed E-state index contributed by atoms with van der Waals surface area (Å²) >= 11 is 11.4. The van der Waals surface area contributed by atoms with E-state index in [2.05, 4.69) is 29.1 Å². The van der Waals surface area contributed by atoms with Crippen molar-refractivity contribution in [3.63, 3.8) is 0 Å². The van der Waals surface area contributed by atoms with Crippen LogP contribution in [0.5, 0.6) is 0 Å². The Bertz CT molecular complexity index is 1330.